The van der Waals surface area contributed by atoms with Gasteiger partial charge in [0.05, 0.1) is 21.2 Å². The number of nitro groups is 2. The van der Waals surface area contributed by atoms with Gasteiger partial charge in [-0.15, -0.1) is 0 Å². The third kappa shape index (κ3) is 5.97. The summed E-state index contributed by atoms with van der Waals surface area (Å²) in [7, 11) is 0. The number of imide groups is 2. The second-order valence-electron chi connectivity index (χ2n) is 11.9. The fourth-order valence-electron chi connectivity index (χ4n) is 5.52. The number of unbranched alkanes of at least 4 members (excludes halogenated alkanes) is 1. The van der Waals surface area contributed by atoms with E-state index in [-0.39, 0.29) is 25.9 Å². The number of alkyl halides is 6. The van der Waals surface area contributed by atoms with Gasteiger partial charge >= 0.3 is 24.4 Å². The van der Waals surface area contributed by atoms with Crippen LogP contribution in [0.4, 0.5) is 58.7 Å². The van der Waals surface area contributed by atoms with Crippen molar-refractivity contribution in [3.05, 3.63) is 67.8 Å². The second kappa shape index (κ2) is 11.7. The molecule has 6 amide bonds. The molecule has 2 aliphatic rings. The zero-order valence-electron chi connectivity index (χ0n) is 25.5. The first-order valence-corrected chi connectivity index (χ1v) is 14.0. The van der Waals surface area contributed by atoms with Crippen molar-refractivity contribution in [1.29, 1.82) is 0 Å². The molecule has 0 bridgehead atoms. The van der Waals surface area contributed by atoms with Crippen LogP contribution in [0.15, 0.2) is 36.4 Å². The van der Waals surface area contributed by atoms with Gasteiger partial charge in [0.2, 0.25) is 0 Å². The number of nitro benzene ring substituents is 2. The molecule has 258 valence electrons. The van der Waals surface area contributed by atoms with Crippen LogP contribution >= 0.6 is 0 Å². The zero-order valence-corrected chi connectivity index (χ0v) is 25.5. The van der Waals surface area contributed by atoms with Crippen molar-refractivity contribution in [2.75, 3.05) is 22.9 Å². The van der Waals surface area contributed by atoms with Crippen LogP contribution in [0, 0.1) is 20.2 Å². The summed E-state index contributed by atoms with van der Waals surface area (Å²) in [6.45, 7) is 5.03. The average Bonchev–Trinajstić information content (AvgIpc) is 3.24. The number of carbonyl (C=O) groups is 4. The summed E-state index contributed by atoms with van der Waals surface area (Å²) in [6.07, 6.45) is -10.2. The van der Waals surface area contributed by atoms with E-state index in [1.807, 2.05) is 0 Å². The van der Waals surface area contributed by atoms with E-state index >= 15 is 0 Å². The molecule has 0 radical (unpaired) electrons. The minimum atomic E-state index is -5.17. The first-order valence-electron chi connectivity index (χ1n) is 14.0. The molecule has 2 aromatic rings. The lowest BCUT2D eigenvalue weighted by molar-refractivity contribution is -0.388. The molecule has 0 aromatic heterocycles. The first kappa shape index (κ1) is 35.6. The normalized spacial score (nSPS) is 18.0. The van der Waals surface area contributed by atoms with Crippen LogP contribution in [0.1, 0.15) is 51.7 Å². The number of anilines is 2. The van der Waals surface area contributed by atoms with E-state index in [1.165, 1.54) is 27.7 Å². The summed E-state index contributed by atoms with van der Waals surface area (Å²) in [5, 5.41) is 22.2. The van der Waals surface area contributed by atoms with E-state index < -0.39 is 91.0 Å². The molecule has 2 saturated heterocycles. The van der Waals surface area contributed by atoms with Crippen molar-refractivity contribution in [3.63, 3.8) is 0 Å². The molecule has 2 aromatic carbocycles. The number of hydrogen-bond acceptors (Lipinski definition) is 8. The Morgan fingerprint density at radius 1 is 0.625 bits per heavy atom. The van der Waals surface area contributed by atoms with Crippen LogP contribution in [0.3, 0.4) is 0 Å². The maximum Gasteiger partial charge on any atom is 0.423 e. The summed E-state index contributed by atoms with van der Waals surface area (Å²) >= 11 is 0. The highest BCUT2D eigenvalue weighted by Crippen LogP contribution is 2.42. The minimum Gasteiger partial charge on any atom is -0.310 e. The number of amides is 6. The molecule has 0 unspecified atom stereocenters. The Hall–Kier alpha value is -5.30. The number of rotatable bonds is 9. The SMILES string of the molecule is CC1(C)C(=O)N(c2ccc([N+](=O)[O-])c(C(F)(F)F)c2)C(=O)N1CCCCN1C(=O)N(c2ccc([N+](=O)[O-])c(C(F)(F)F)c2)C(=O)C1(C)C. The van der Waals surface area contributed by atoms with E-state index in [1.54, 1.807) is 0 Å². The number of carbonyl (C=O) groups excluding carboxylic acids is 4. The van der Waals surface area contributed by atoms with Crippen molar-refractivity contribution in [2.24, 2.45) is 0 Å². The van der Waals surface area contributed by atoms with Gasteiger partial charge in [0, 0.05) is 25.2 Å². The third-order valence-electron chi connectivity index (χ3n) is 8.14. The summed E-state index contributed by atoms with van der Waals surface area (Å²) in [5.41, 5.74) is -10.1. The highest BCUT2D eigenvalue weighted by molar-refractivity contribution is 6.23. The van der Waals surface area contributed by atoms with Gasteiger partial charge in [-0.2, -0.15) is 26.3 Å². The van der Waals surface area contributed by atoms with Crippen LogP contribution < -0.4 is 9.80 Å². The molecule has 0 spiro atoms. The van der Waals surface area contributed by atoms with E-state index in [9.17, 15) is 65.7 Å². The third-order valence-corrected chi connectivity index (χ3v) is 8.14. The molecule has 2 heterocycles. The van der Waals surface area contributed by atoms with E-state index in [0.29, 0.717) is 34.1 Å². The first-order chi connectivity index (χ1) is 21.9. The Bertz CT molecular complexity index is 1620. The maximum absolute atomic E-state index is 13.5. The topological polar surface area (TPSA) is 168 Å². The van der Waals surface area contributed by atoms with Crippen LogP contribution in [-0.4, -0.2) is 67.7 Å². The molecular weight excluding hydrogens is 662 g/mol. The van der Waals surface area contributed by atoms with Crippen LogP contribution in [0.25, 0.3) is 0 Å². The highest BCUT2D eigenvalue weighted by Gasteiger charge is 2.54. The van der Waals surface area contributed by atoms with Gasteiger partial charge in [-0.1, -0.05) is 0 Å². The zero-order chi connectivity index (χ0) is 36.3. The largest absolute Gasteiger partial charge is 0.423 e. The van der Waals surface area contributed by atoms with Crippen molar-refractivity contribution in [1.82, 2.24) is 9.80 Å². The number of urea groups is 2. The quantitative estimate of drug-likeness (QED) is 0.0999. The Balaban J connectivity index is 1.50. The van der Waals surface area contributed by atoms with Crippen molar-refractivity contribution < 1.29 is 55.4 Å². The molecule has 48 heavy (non-hydrogen) atoms. The molecule has 0 saturated carbocycles. The van der Waals surface area contributed by atoms with Gasteiger partial charge < -0.3 is 9.80 Å². The van der Waals surface area contributed by atoms with Gasteiger partial charge in [0.1, 0.15) is 22.2 Å². The second-order valence-corrected chi connectivity index (χ2v) is 11.9. The van der Waals surface area contributed by atoms with Gasteiger partial charge in [-0.3, -0.25) is 29.8 Å². The Kier molecular flexibility index (Phi) is 8.70. The Morgan fingerprint density at radius 3 is 1.21 bits per heavy atom. The predicted octanol–water partition coefficient (Wildman–Crippen LogP) is 6.12. The van der Waals surface area contributed by atoms with Crippen molar-refractivity contribution in [3.8, 4) is 0 Å². The summed E-state index contributed by atoms with van der Waals surface area (Å²) in [5.74, 6) is -1.82. The monoisotopic (exact) mass is 688 g/mol. The molecular formula is C28H26F6N6O8. The van der Waals surface area contributed by atoms with E-state index in [0.717, 1.165) is 21.9 Å². The highest BCUT2D eigenvalue weighted by atomic mass is 19.4. The maximum atomic E-state index is 13.5. The molecule has 2 aliphatic heterocycles. The predicted molar refractivity (Wildman–Crippen MR) is 153 cm³/mol. The molecule has 4 rings (SSSR count). The van der Waals surface area contributed by atoms with E-state index in [2.05, 4.69) is 0 Å². The lowest BCUT2D eigenvalue weighted by atomic mass is 10.0. The van der Waals surface area contributed by atoms with Gasteiger partial charge in [0.25, 0.3) is 23.2 Å². The Labute approximate surface area is 266 Å². The number of hydrogen-bond donors (Lipinski definition) is 0. The fraction of sp³-hybridized carbons (Fsp3) is 0.429. The summed E-state index contributed by atoms with van der Waals surface area (Å²) < 4.78 is 81.3. The fourth-order valence-corrected chi connectivity index (χ4v) is 5.52. The number of halogens is 6. The molecule has 0 N–H and O–H groups in total. The number of benzene rings is 2. The van der Waals surface area contributed by atoms with Gasteiger partial charge in [-0.25, -0.2) is 19.4 Å². The molecule has 14 nitrogen and oxygen atoms in total. The minimum absolute atomic E-state index is 0.0775. The Morgan fingerprint density at radius 2 is 0.938 bits per heavy atom. The van der Waals surface area contributed by atoms with Crippen LogP contribution in [-0.2, 0) is 21.9 Å². The smallest absolute Gasteiger partial charge is 0.310 e. The number of nitrogens with zero attached hydrogens (tertiary/aromatic N) is 6. The summed E-state index contributed by atoms with van der Waals surface area (Å²) in [6, 6.07) is 1.40. The van der Waals surface area contributed by atoms with Gasteiger partial charge in [0.15, 0.2) is 0 Å². The molecule has 2 fully saturated rings. The van der Waals surface area contributed by atoms with E-state index in [4.69, 9.17) is 0 Å². The van der Waals surface area contributed by atoms with Gasteiger partial charge in [-0.05, 0) is 64.8 Å². The van der Waals surface area contributed by atoms with Crippen molar-refractivity contribution >= 4 is 46.6 Å². The lowest BCUT2D eigenvalue weighted by Gasteiger charge is -2.29. The van der Waals surface area contributed by atoms with Crippen LogP contribution in [0.2, 0.25) is 0 Å². The molecule has 0 atom stereocenters. The summed E-state index contributed by atoms with van der Waals surface area (Å²) in [4.78, 5) is 75.8. The molecule has 0 aliphatic carbocycles. The van der Waals surface area contributed by atoms with Crippen LogP contribution in [0.5, 0.6) is 0 Å². The lowest BCUT2D eigenvalue weighted by Crippen LogP contribution is -2.46. The average molecular weight is 689 g/mol. The molecule has 20 heteroatoms. The standard InChI is InChI=1S/C28H26F6N6O8/c1-25(2)21(41)37(15-7-9-19(39(45)46)17(13-15)27(29,30)31)23(43)35(25)11-5-6-12-36-24(44)38(22(42)26(36,3)4)16-8-10-20(40(47)48)18(14-16)28(32,33)34/h7-10,13-14H,5-6,11-12H2,1-4H3. The van der Waals surface area contributed by atoms with Crippen molar-refractivity contribution in [2.45, 2.75) is 64.0 Å².